The van der Waals surface area contributed by atoms with Crippen LogP contribution in [0, 0.1) is 0 Å². The molecular weight excluding hydrogens is 381 g/mol. The first kappa shape index (κ1) is 18.7. The lowest BCUT2D eigenvalue weighted by molar-refractivity contribution is -0.137. The van der Waals surface area contributed by atoms with Crippen LogP contribution in [-0.4, -0.2) is 18.6 Å². The molecule has 0 atom stereocenters. The van der Waals surface area contributed by atoms with Crippen LogP contribution in [0.2, 0.25) is 0 Å². The Morgan fingerprint density at radius 1 is 0.759 bits per heavy atom. The molecule has 146 valence electrons. The van der Waals surface area contributed by atoms with Gasteiger partial charge >= 0.3 is 6.18 Å². The number of benzene rings is 3. The molecule has 2 N–H and O–H groups in total. The molecule has 0 bridgehead atoms. The molecule has 29 heavy (non-hydrogen) atoms. The van der Waals surface area contributed by atoms with Gasteiger partial charge in [0.05, 0.1) is 22.4 Å². The topological polar surface area (TPSA) is 58.2 Å². The summed E-state index contributed by atoms with van der Waals surface area (Å²) in [5, 5.41) is 5.78. The summed E-state index contributed by atoms with van der Waals surface area (Å²) in [5.74, 6) is -0.672. The van der Waals surface area contributed by atoms with Gasteiger partial charge in [-0.05, 0) is 30.3 Å². The third-order valence-electron chi connectivity index (χ3n) is 4.81. The van der Waals surface area contributed by atoms with Crippen LogP contribution in [-0.2, 0) is 6.18 Å². The highest BCUT2D eigenvalue weighted by Gasteiger charge is 2.34. The standard InChI is InChI=1S/C22H15F3N2O2/c1-26-16-9-10-17(27-13-6-4-5-12(11-13)22(23,24)25)19-18(16)20(28)14-7-2-3-8-15(14)21(19)29/h2-11,26-27H,1H3. The van der Waals surface area contributed by atoms with E-state index in [4.69, 9.17) is 0 Å². The Kier molecular flexibility index (Phi) is 4.38. The molecule has 4 rings (SSSR count). The second kappa shape index (κ2) is 6.77. The molecule has 0 saturated carbocycles. The van der Waals surface area contributed by atoms with Crippen molar-refractivity contribution in [2.45, 2.75) is 6.18 Å². The van der Waals surface area contributed by atoms with Crippen molar-refractivity contribution in [3.8, 4) is 0 Å². The normalized spacial score (nSPS) is 13.0. The second-order valence-corrected chi connectivity index (χ2v) is 6.57. The Bertz CT molecular complexity index is 1150. The van der Waals surface area contributed by atoms with Gasteiger partial charge in [0.25, 0.3) is 0 Å². The number of alkyl halides is 3. The number of carbonyl (C=O) groups is 2. The van der Waals surface area contributed by atoms with E-state index in [0.717, 1.165) is 12.1 Å². The maximum Gasteiger partial charge on any atom is 0.416 e. The molecular formula is C22H15F3N2O2. The van der Waals surface area contributed by atoms with Crippen molar-refractivity contribution >= 4 is 28.6 Å². The van der Waals surface area contributed by atoms with Crippen molar-refractivity contribution in [1.29, 1.82) is 0 Å². The maximum atomic E-state index is 13.2. The van der Waals surface area contributed by atoms with E-state index in [1.54, 1.807) is 43.4 Å². The van der Waals surface area contributed by atoms with Gasteiger partial charge in [0.2, 0.25) is 0 Å². The van der Waals surface area contributed by atoms with Crippen LogP contribution < -0.4 is 10.6 Å². The second-order valence-electron chi connectivity index (χ2n) is 6.57. The molecule has 0 fully saturated rings. The van der Waals surface area contributed by atoms with Gasteiger partial charge in [-0.2, -0.15) is 13.2 Å². The van der Waals surface area contributed by atoms with Gasteiger partial charge in [0.15, 0.2) is 11.6 Å². The summed E-state index contributed by atoms with van der Waals surface area (Å²) < 4.78 is 39.1. The third-order valence-corrected chi connectivity index (χ3v) is 4.81. The first-order valence-electron chi connectivity index (χ1n) is 8.78. The van der Waals surface area contributed by atoms with Gasteiger partial charge in [-0.25, -0.2) is 0 Å². The summed E-state index contributed by atoms with van der Waals surface area (Å²) in [6, 6.07) is 14.4. The molecule has 0 aliphatic heterocycles. The average molecular weight is 396 g/mol. The summed E-state index contributed by atoms with van der Waals surface area (Å²) >= 11 is 0. The van der Waals surface area contributed by atoms with E-state index in [-0.39, 0.29) is 39.6 Å². The molecule has 7 heteroatoms. The van der Waals surface area contributed by atoms with Crippen LogP contribution in [0.5, 0.6) is 0 Å². The van der Waals surface area contributed by atoms with Crippen LogP contribution in [0.1, 0.15) is 37.4 Å². The van der Waals surface area contributed by atoms with Crippen LogP contribution in [0.4, 0.5) is 30.2 Å². The number of halogens is 3. The minimum Gasteiger partial charge on any atom is -0.388 e. The highest BCUT2D eigenvalue weighted by atomic mass is 19.4. The molecule has 3 aromatic rings. The fourth-order valence-electron chi connectivity index (χ4n) is 3.46. The van der Waals surface area contributed by atoms with E-state index in [2.05, 4.69) is 10.6 Å². The van der Waals surface area contributed by atoms with Crippen LogP contribution >= 0.6 is 0 Å². The van der Waals surface area contributed by atoms with E-state index < -0.39 is 11.7 Å². The van der Waals surface area contributed by atoms with Gasteiger partial charge < -0.3 is 10.6 Å². The van der Waals surface area contributed by atoms with Crippen LogP contribution in [0.25, 0.3) is 0 Å². The Morgan fingerprint density at radius 3 is 1.93 bits per heavy atom. The summed E-state index contributed by atoms with van der Waals surface area (Å²) in [5.41, 5.74) is 1.01. The van der Waals surface area contributed by atoms with E-state index >= 15 is 0 Å². The predicted octanol–water partition coefficient (Wildman–Crippen LogP) is 5.27. The van der Waals surface area contributed by atoms with Gasteiger partial charge in [0, 0.05) is 29.5 Å². The molecule has 0 spiro atoms. The molecule has 0 heterocycles. The summed E-state index contributed by atoms with van der Waals surface area (Å²) in [7, 11) is 1.63. The van der Waals surface area contributed by atoms with Crippen molar-refractivity contribution in [1.82, 2.24) is 0 Å². The van der Waals surface area contributed by atoms with Crippen molar-refractivity contribution in [3.05, 3.63) is 88.5 Å². The average Bonchev–Trinajstić information content (AvgIpc) is 2.71. The Balaban J connectivity index is 1.86. The number of hydrogen-bond donors (Lipinski definition) is 2. The minimum absolute atomic E-state index is 0.137. The predicted molar refractivity (Wildman–Crippen MR) is 104 cm³/mol. The maximum absolute atomic E-state index is 13.2. The first-order valence-corrected chi connectivity index (χ1v) is 8.78. The van der Waals surface area contributed by atoms with E-state index in [1.807, 2.05) is 0 Å². The first-order chi connectivity index (χ1) is 13.8. The van der Waals surface area contributed by atoms with Gasteiger partial charge in [-0.1, -0.05) is 30.3 Å². The zero-order valence-corrected chi connectivity index (χ0v) is 15.2. The number of carbonyl (C=O) groups excluding carboxylic acids is 2. The Hall–Kier alpha value is -3.61. The highest BCUT2D eigenvalue weighted by molar-refractivity contribution is 6.32. The van der Waals surface area contributed by atoms with Crippen molar-refractivity contribution in [2.24, 2.45) is 0 Å². The van der Waals surface area contributed by atoms with E-state index in [9.17, 15) is 22.8 Å². The highest BCUT2D eigenvalue weighted by Crippen LogP contribution is 2.38. The number of nitrogens with one attached hydrogen (secondary N) is 2. The summed E-state index contributed by atoms with van der Waals surface area (Å²) in [6.07, 6.45) is -4.49. The van der Waals surface area contributed by atoms with Crippen molar-refractivity contribution in [3.63, 3.8) is 0 Å². The van der Waals surface area contributed by atoms with E-state index in [1.165, 1.54) is 12.1 Å². The van der Waals surface area contributed by atoms with Gasteiger partial charge in [0.1, 0.15) is 0 Å². The number of fused-ring (bicyclic) bond motifs is 2. The molecule has 1 aliphatic carbocycles. The van der Waals surface area contributed by atoms with Crippen LogP contribution in [0.3, 0.4) is 0 Å². The quantitative estimate of drug-likeness (QED) is 0.496. The molecule has 1 aliphatic rings. The van der Waals surface area contributed by atoms with Crippen LogP contribution in [0.15, 0.2) is 60.7 Å². The lowest BCUT2D eigenvalue weighted by Crippen LogP contribution is -2.23. The fourth-order valence-corrected chi connectivity index (χ4v) is 3.46. The zero-order chi connectivity index (χ0) is 20.8. The number of rotatable bonds is 3. The molecule has 0 radical (unpaired) electrons. The SMILES string of the molecule is CNc1ccc(Nc2cccc(C(F)(F)F)c2)c2c1C(=O)c1ccccc1C2=O. The number of ketones is 2. The largest absolute Gasteiger partial charge is 0.416 e. The summed E-state index contributed by atoms with van der Waals surface area (Å²) in [4.78, 5) is 26.2. The minimum atomic E-state index is -4.49. The molecule has 0 unspecified atom stereocenters. The van der Waals surface area contributed by atoms with Gasteiger partial charge in [-0.3, -0.25) is 9.59 Å². The summed E-state index contributed by atoms with van der Waals surface area (Å²) in [6.45, 7) is 0. The number of anilines is 3. The molecule has 0 amide bonds. The number of hydrogen-bond acceptors (Lipinski definition) is 4. The molecule has 0 aromatic heterocycles. The lowest BCUT2D eigenvalue weighted by atomic mass is 9.82. The molecule has 3 aromatic carbocycles. The van der Waals surface area contributed by atoms with E-state index in [0.29, 0.717) is 11.3 Å². The molecule has 0 saturated heterocycles. The Morgan fingerprint density at radius 2 is 1.34 bits per heavy atom. The monoisotopic (exact) mass is 396 g/mol. The smallest absolute Gasteiger partial charge is 0.388 e. The fraction of sp³-hybridized carbons (Fsp3) is 0.0909. The van der Waals surface area contributed by atoms with Crippen molar-refractivity contribution < 1.29 is 22.8 Å². The third kappa shape index (κ3) is 3.14. The lowest BCUT2D eigenvalue weighted by Gasteiger charge is -2.23. The van der Waals surface area contributed by atoms with Crippen molar-refractivity contribution in [2.75, 3.05) is 17.7 Å². The zero-order valence-electron chi connectivity index (χ0n) is 15.2. The van der Waals surface area contributed by atoms with Gasteiger partial charge in [-0.15, -0.1) is 0 Å². The Labute approximate surface area is 164 Å². The molecule has 4 nitrogen and oxygen atoms in total.